The van der Waals surface area contributed by atoms with E-state index in [1.54, 1.807) is 17.0 Å². The predicted molar refractivity (Wildman–Crippen MR) is 133 cm³/mol. The maximum Gasteiger partial charge on any atom is 0.295 e. The maximum atomic E-state index is 13.2. The third kappa shape index (κ3) is 5.08. The van der Waals surface area contributed by atoms with Gasteiger partial charge in [0.15, 0.2) is 0 Å². The van der Waals surface area contributed by atoms with Crippen LogP contribution in [0.2, 0.25) is 0 Å². The Bertz CT molecular complexity index is 1050. The number of morpholine rings is 1. The summed E-state index contributed by atoms with van der Waals surface area (Å²) in [7, 11) is 0. The second-order valence-corrected chi connectivity index (χ2v) is 9.49. The first-order valence-corrected chi connectivity index (χ1v) is 12.1. The fourth-order valence-corrected chi connectivity index (χ4v) is 4.68. The third-order valence-corrected chi connectivity index (χ3v) is 6.76. The third-order valence-electron chi connectivity index (χ3n) is 6.76. The van der Waals surface area contributed by atoms with Crippen LogP contribution in [-0.4, -0.2) is 66.0 Å². The Morgan fingerprint density at radius 2 is 1.65 bits per heavy atom. The molecular weight excluding hydrogens is 428 g/mol. The van der Waals surface area contributed by atoms with E-state index in [1.807, 2.05) is 43.3 Å². The number of amides is 1. The molecule has 180 valence electrons. The molecule has 0 radical (unpaired) electrons. The van der Waals surface area contributed by atoms with Gasteiger partial charge in [-0.3, -0.25) is 14.5 Å². The highest BCUT2D eigenvalue weighted by Crippen LogP contribution is 2.39. The van der Waals surface area contributed by atoms with Gasteiger partial charge < -0.3 is 14.7 Å². The molecule has 2 aliphatic rings. The summed E-state index contributed by atoms with van der Waals surface area (Å²) in [6.07, 6.45) is 0.748. The van der Waals surface area contributed by atoms with E-state index in [-0.39, 0.29) is 11.3 Å². The van der Waals surface area contributed by atoms with Gasteiger partial charge in [0.2, 0.25) is 0 Å². The van der Waals surface area contributed by atoms with Crippen molar-refractivity contribution in [3.8, 4) is 0 Å². The molecule has 0 aromatic heterocycles. The topological polar surface area (TPSA) is 70.1 Å². The second kappa shape index (κ2) is 10.5. The fourth-order valence-electron chi connectivity index (χ4n) is 4.68. The highest BCUT2D eigenvalue weighted by Gasteiger charge is 2.45. The molecule has 2 aliphatic heterocycles. The minimum absolute atomic E-state index is 0.119. The van der Waals surface area contributed by atoms with Gasteiger partial charge >= 0.3 is 0 Å². The molecule has 1 amide bonds. The van der Waals surface area contributed by atoms with Crippen LogP contribution in [0.3, 0.4) is 0 Å². The van der Waals surface area contributed by atoms with Crippen molar-refractivity contribution in [1.29, 1.82) is 0 Å². The molecule has 2 saturated heterocycles. The molecule has 2 aromatic rings. The summed E-state index contributed by atoms with van der Waals surface area (Å²) < 4.78 is 5.42. The lowest BCUT2D eigenvalue weighted by molar-refractivity contribution is -0.140. The average Bonchev–Trinajstić information content (AvgIpc) is 3.10. The summed E-state index contributed by atoms with van der Waals surface area (Å²) in [6, 6.07) is 14.8. The SMILES string of the molecule is Cc1ccc(/C(O)=C2/C(=O)C(=O)N(CCCN3CCOCC3)C2c2ccc(C(C)C)cc2)cc1. The number of hydrogen-bond acceptors (Lipinski definition) is 5. The summed E-state index contributed by atoms with van der Waals surface area (Å²) in [6.45, 7) is 10.7. The largest absolute Gasteiger partial charge is 0.507 e. The molecule has 6 nitrogen and oxygen atoms in total. The number of ketones is 1. The molecule has 1 N–H and O–H groups in total. The first-order valence-electron chi connectivity index (χ1n) is 12.1. The van der Waals surface area contributed by atoms with Gasteiger partial charge in [0.05, 0.1) is 24.8 Å². The van der Waals surface area contributed by atoms with Gasteiger partial charge in [-0.15, -0.1) is 0 Å². The molecule has 0 spiro atoms. The Morgan fingerprint density at radius 3 is 2.26 bits per heavy atom. The molecule has 4 rings (SSSR count). The number of aliphatic hydroxyl groups is 1. The van der Waals surface area contributed by atoms with Crippen LogP contribution in [0.5, 0.6) is 0 Å². The molecule has 6 heteroatoms. The van der Waals surface area contributed by atoms with Crippen LogP contribution in [0.4, 0.5) is 0 Å². The Labute approximate surface area is 201 Å². The maximum absolute atomic E-state index is 13.2. The molecule has 0 aliphatic carbocycles. The first-order chi connectivity index (χ1) is 16.4. The van der Waals surface area contributed by atoms with Gasteiger partial charge in [-0.05, 0) is 30.4 Å². The van der Waals surface area contributed by atoms with E-state index >= 15 is 0 Å². The van der Waals surface area contributed by atoms with Crippen LogP contribution in [0, 0.1) is 6.92 Å². The summed E-state index contributed by atoms with van der Waals surface area (Å²) in [5.74, 6) is -0.913. The van der Waals surface area contributed by atoms with Crippen molar-refractivity contribution in [2.75, 3.05) is 39.4 Å². The number of carbonyl (C=O) groups excluding carboxylic acids is 2. The Hall–Kier alpha value is -2.96. The number of nitrogens with zero attached hydrogens (tertiary/aromatic N) is 2. The number of aryl methyl sites for hydroxylation is 1. The van der Waals surface area contributed by atoms with Crippen molar-refractivity contribution in [3.05, 3.63) is 76.4 Å². The van der Waals surface area contributed by atoms with Crippen LogP contribution < -0.4 is 0 Å². The Balaban J connectivity index is 1.67. The van der Waals surface area contributed by atoms with E-state index < -0.39 is 17.7 Å². The molecule has 0 saturated carbocycles. The van der Waals surface area contributed by atoms with E-state index in [2.05, 4.69) is 18.7 Å². The van der Waals surface area contributed by atoms with Crippen LogP contribution in [0.25, 0.3) is 5.76 Å². The smallest absolute Gasteiger partial charge is 0.295 e. The highest BCUT2D eigenvalue weighted by atomic mass is 16.5. The van der Waals surface area contributed by atoms with Gasteiger partial charge in [-0.25, -0.2) is 0 Å². The number of ether oxygens (including phenoxy) is 1. The van der Waals surface area contributed by atoms with Crippen LogP contribution >= 0.6 is 0 Å². The highest BCUT2D eigenvalue weighted by molar-refractivity contribution is 6.46. The summed E-state index contributed by atoms with van der Waals surface area (Å²) in [4.78, 5) is 30.3. The van der Waals surface area contributed by atoms with Gasteiger partial charge in [0.1, 0.15) is 5.76 Å². The van der Waals surface area contributed by atoms with Crippen molar-refractivity contribution >= 4 is 17.4 Å². The number of likely N-dealkylation sites (tertiary alicyclic amines) is 1. The van der Waals surface area contributed by atoms with Gasteiger partial charge in [-0.1, -0.05) is 67.9 Å². The zero-order valence-corrected chi connectivity index (χ0v) is 20.3. The number of rotatable bonds is 7. The normalized spacial score (nSPS) is 20.9. The zero-order chi connectivity index (χ0) is 24.2. The number of benzene rings is 2. The molecule has 1 atom stereocenters. The van der Waals surface area contributed by atoms with E-state index in [4.69, 9.17) is 4.74 Å². The molecule has 34 heavy (non-hydrogen) atoms. The molecular formula is C28H34N2O4. The van der Waals surface area contributed by atoms with Crippen molar-refractivity contribution in [2.45, 2.75) is 39.2 Å². The lowest BCUT2D eigenvalue weighted by Gasteiger charge is -2.29. The van der Waals surface area contributed by atoms with E-state index in [1.165, 1.54) is 5.56 Å². The van der Waals surface area contributed by atoms with Crippen molar-refractivity contribution in [3.63, 3.8) is 0 Å². The van der Waals surface area contributed by atoms with Crippen LogP contribution in [-0.2, 0) is 14.3 Å². The number of carbonyl (C=O) groups is 2. The first kappa shape index (κ1) is 24.2. The Kier molecular flexibility index (Phi) is 7.49. The number of hydrogen-bond donors (Lipinski definition) is 1. The second-order valence-electron chi connectivity index (χ2n) is 9.49. The fraction of sp³-hybridized carbons (Fsp3) is 0.429. The number of aliphatic hydroxyl groups excluding tert-OH is 1. The van der Waals surface area contributed by atoms with Gasteiger partial charge in [0, 0.05) is 31.7 Å². The van der Waals surface area contributed by atoms with Crippen LogP contribution in [0.15, 0.2) is 54.1 Å². The van der Waals surface area contributed by atoms with Gasteiger partial charge in [-0.2, -0.15) is 0 Å². The van der Waals surface area contributed by atoms with E-state index in [0.29, 0.717) is 18.0 Å². The summed E-state index contributed by atoms with van der Waals surface area (Å²) >= 11 is 0. The van der Waals surface area contributed by atoms with E-state index in [9.17, 15) is 14.7 Å². The lowest BCUT2D eigenvalue weighted by Crippen LogP contribution is -2.38. The standard InChI is InChI=1S/C28H34N2O4/c1-19(2)21-9-11-22(12-10-21)25-24(26(31)23-7-5-20(3)6-8-23)27(32)28(33)30(25)14-4-13-29-15-17-34-18-16-29/h5-12,19,25,31H,4,13-18H2,1-3H3/b26-24-. The van der Waals surface area contributed by atoms with Crippen molar-refractivity contribution < 1.29 is 19.4 Å². The summed E-state index contributed by atoms with van der Waals surface area (Å²) in [5.41, 5.74) is 3.79. The quantitative estimate of drug-likeness (QED) is 0.378. The van der Waals surface area contributed by atoms with Gasteiger partial charge in [0.25, 0.3) is 11.7 Å². The minimum atomic E-state index is -0.623. The monoisotopic (exact) mass is 462 g/mol. The zero-order valence-electron chi connectivity index (χ0n) is 20.3. The molecule has 2 fully saturated rings. The Morgan fingerprint density at radius 1 is 1.00 bits per heavy atom. The van der Waals surface area contributed by atoms with Crippen molar-refractivity contribution in [2.24, 2.45) is 0 Å². The van der Waals surface area contributed by atoms with Crippen molar-refractivity contribution in [1.82, 2.24) is 9.80 Å². The molecule has 2 heterocycles. The minimum Gasteiger partial charge on any atom is -0.507 e. The molecule has 1 unspecified atom stereocenters. The molecule has 0 bridgehead atoms. The van der Waals surface area contributed by atoms with Crippen LogP contribution in [0.1, 0.15) is 54.5 Å². The average molecular weight is 463 g/mol. The summed E-state index contributed by atoms with van der Waals surface area (Å²) in [5, 5.41) is 11.2. The lowest BCUT2D eigenvalue weighted by atomic mass is 9.93. The predicted octanol–water partition coefficient (Wildman–Crippen LogP) is 4.26. The molecule has 2 aromatic carbocycles. The van der Waals surface area contributed by atoms with E-state index in [0.717, 1.165) is 50.4 Å². The number of Topliss-reactive ketones (excluding diaryl/α,β-unsaturated/α-hetero) is 1.